The molecule has 21 heavy (non-hydrogen) atoms. The summed E-state index contributed by atoms with van der Waals surface area (Å²) in [6, 6.07) is 8.13. The molecule has 0 spiro atoms. The van der Waals surface area contributed by atoms with Crippen LogP contribution in [0.2, 0.25) is 5.02 Å². The van der Waals surface area contributed by atoms with Gasteiger partial charge in [0, 0.05) is 17.1 Å². The van der Waals surface area contributed by atoms with E-state index in [1.165, 1.54) is 19.3 Å². The molecule has 1 aliphatic heterocycles. The number of amides is 1. The SMILES string of the molecule is O=C(NC1CCCCC1)C1CC(c2ccc(Cl)cc2)NN1. The van der Waals surface area contributed by atoms with E-state index in [0.717, 1.165) is 29.8 Å². The van der Waals surface area contributed by atoms with Crippen molar-refractivity contribution in [1.29, 1.82) is 0 Å². The molecule has 1 aliphatic carbocycles. The zero-order valence-corrected chi connectivity index (χ0v) is 12.8. The molecule has 2 atom stereocenters. The maximum Gasteiger partial charge on any atom is 0.238 e. The van der Waals surface area contributed by atoms with Gasteiger partial charge >= 0.3 is 0 Å². The first-order valence-corrected chi connectivity index (χ1v) is 8.17. The molecule has 2 unspecified atom stereocenters. The predicted molar refractivity (Wildman–Crippen MR) is 83.9 cm³/mol. The minimum atomic E-state index is -0.160. The Morgan fingerprint density at radius 3 is 2.52 bits per heavy atom. The van der Waals surface area contributed by atoms with Crippen LogP contribution in [0, 0.1) is 0 Å². The molecule has 5 heteroatoms. The maximum absolute atomic E-state index is 12.3. The summed E-state index contributed by atoms with van der Waals surface area (Å²) in [6.45, 7) is 0. The molecule has 1 aromatic carbocycles. The monoisotopic (exact) mass is 307 g/mol. The molecule has 3 N–H and O–H groups in total. The first kappa shape index (κ1) is 14.8. The lowest BCUT2D eigenvalue weighted by molar-refractivity contribution is -0.123. The van der Waals surface area contributed by atoms with Gasteiger partial charge in [0.05, 0.1) is 0 Å². The van der Waals surface area contributed by atoms with Gasteiger partial charge in [-0.25, -0.2) is 10.9 Å². The summed E-state index contributed by atoms with van der Waals surface area (Å²) in [7, 11) is 0. The van der Waals surface area contributed by atoms with Gasteiger partial charge in [-0.15, -0.1) is 0 Å². The first-order valence-electron chi connectivity index (χ1n) is 7.79. The maximum atomic E-state index is 12.3. The summed E-state index contributed by atoms with van der Waals surface area (Å²) in [6.07, 6.45) is 6.76. The van der Waals surface area contributed by atoms with Gasteiger partial charge in [-0.3, -0.25) is 4.79 Å². The molecule has 4 nitrogen and oxygen atoms in total. The second kappa shape index (κ2) is 6.77. The zero-order chi connectivity index (χ0) is 14.7. The Hall–Kier alpha value is -1.10. The first-order chi connectivity index (χ1) is 10.2. The average molecular weight is 308 g/mol. The van der Waals surface area contributed by atoms with E-state index in [4.69, 9.17) is 11.6 Å². The fraction of sp³-hybridized carbons (Fsp3) is 0.562. The number of nitrogens with one attached hydrogen (secondary N) is 3. The normalized spacial score (nSPS) is 26.7. The molecule has 114 valence electrons. The molecule has 0 aromatic heterocycles. The van der Waals surface area contributed by atoms with E-state index < -0.39 is 0 Å². The Balaban J connectivity index is 1.53. The average Bonchev–Trinajstić information content (AvgIpc) is 2.99. The minimum Gasteiger partial charge on any atom is -0.352 e. The molecule has 1 heterocycles. The van der Waals surface area contributed by atoms with E-state index in [-0.39, 0.29) is 18.0 Å². The van der Waals surface area contributed by atoms with Crippen LogP contribution in [0.3, 0.4) is 0 Å². The lowest BCUT2D eigenvalue weighted by Crippen LogP contribution is -2.47. The van der Waals surface area contributed by atoms with Crippen molar-refractivity contribution in [1.82, 2.24) is 16.2 Å². The number of benzene rings is 1. The summed E-state index contributed by atoms with van der Waals surface area (Å²) in [5.74, 6) is 0.117. The van der Waals surface area contributed by atoms with Crippen molar-refractivity contribution >= 4 is 17.5 Å². The van der Waals surface area contributed by atoms with Crippen LogP contribution >= 0.6 is 11.6 Å². The molecule has 3 rings (SSSR count). The van der Waals surface area contributed by atoms with Crippen molar-refractivity contribution in [2.45, 2.75) is 56.7 Å². The number of halogens is 1. The number of hydrazine groups is 1. The van der Waals surface area contributed by atoms with E-state index in [1.807, 2.05) is 24.3 Å². The third-order valence-electron chi connectivity index (χ3n) is 4.44. The molecular weight excluding hydrogens is 286 g/mol. The number of carbonyl (C=O) groups is 1. The second-order valence-electron chi connectivity index (χ2n) is 6.02. The van der Waals surface area contributed by atoms with Gasteiger partial charge in [-0.2, -0.15) is 0 Å². The molecule has 0 bridgehead atoms. The summed E-state index contributed by atoms with van der Waals surface area (Å²) >= 11 is 5.91. The molecular formula is C16H22ClN3O. The van der Waals surface area contributed by atoms with Gasteiger partial charge in [0.1, 0.15) is 6.04 Å². The topological polar surface area (TPSA) is 53.2 Å². The van der Waals surface area contributed by atoms with Gasteiger partial charge in [-0.1, -0.05) is 43.0 Å². The van der Waals surface area contributed by atoms with Crippen molar-refractivity contribution in [2.75, 3.05) is 0 Å². The van der Waals surface area contributed by atoms with Gasteiger partial charge in [-0.05, 0) is 37.0 Å². The quantitative estimate of drug-likeness (QED) is 0.805. The van der Waals surface area contributed by atoms with Crippen LogP contribution in [0.5, 0.6) is 0 Å². The van der Waals surface area contributed by atoms with E-state index in [0.29, 0.717) is 6.04 Å². The van der Waals surface area contributed by atoms with Gasteiger partial charge in [0.2, 0.25) is 5.91 Å². The van der Waals surface area contributed by atoms with Crippen molar-refractivity contribution in [3.05, 3.63) is 34.9 Å². The molecule has 0 radical (unpaired) electrons. The third kappa shape index (κ3) is 3.76. The standard InChI is InChI=1S/C16H22ClN3O/c17-12-8-6-11(7-9-12)14-10-15(20-19-14)16(21)18-13-4-2-1-3-5-13/h6-9,13-15,19-20H,1-5,10H2,(H,18,21). The fourth-order valence-corrected chi connectivity index (χ4v) is 3.32. The van der Waals surface area contributed by atoms with Crippen LogP contribution in [-0.2, 0) is 4.79 Å². The Kier molecular flexibility index (Phi) is 4.78. The van der Waals surface area contributed by atoms with Crippen LogP contribution < -0.4 is 16.2 Å². The Morgan fingerprint density at radius 2 is 1.81 bits per heavy atom. The van der Waals surface area contributed by atoms with Gasteiger partial charge in [0.15, 0.2) is 0 Å². The number of hydrogen-bond acceptors (Lipinski definition) is 3. The number of carbonyl (C=O) groups excluding carboxylic acids is 1. The lowest BCUT2D eigenvalue weighted by Gasteiger charge is -2.24. The van der Waals surface area contributed by atoms with E-state index in [9.17, 15) is 4.79 Å². The van der Waals surface area contributed by atoms with Crippen LogP contribution in [0.1, 0.15) is 50.1 Å². The highest BCUT2D eigenvalue weighted by Gasteiger charge is 2.31. The highest BCUT2D eigenvalue weighted by Crippen LogP contribution is 2.24. The van der Waals surface area contributed by atoms with E-state index in [2.05, 4.69) is 16.2 Å². The largest absolute Gasteiger partial charge is 0.352 e. The molecule has 1 saturated heterocycles. The molecule has 1 amide bonds. The van der Waals surface area contributed by atoms with Gasteiger partial charge in [0.25, 0.3) is 0 Å². The summed E-state index contributed by atoms with van der Waals surface area (Å²) in [5.41, 5.74) is 7.47. The Labute approximate surface area is 130 Å². The van der Waals surface area contributed by atoms with Crippen molar-refractivity contribution < 1.29 is 4.79 Å². The van der Waals surface area contributed by atoms with E-state index >= 15 is 0 Å². The minimum absolute atomic E-state index is 0.117. The number of hydrogen-bond donors (Lipinski definition) is 3. The van der Waals surface area contributed by atoms with Crippen molar-refractivity contribution in [3.8, 4) is 0 Å². The highest BCUT2D eigenvalue weighted by molar-refractivity contribution is 6.30. The third-order valence-corrected chi connectivity index (χ3v) is 4.70. The van der Waals surface area contributed by atoms with Crippen LogP contribution in [0.15, 0.2) is 24.3 Å². The molecule has 2 fully saturated rings. The van der Waals surface area contributed by atoms with Crippen LogP contribution in [-0.4, -0.2) is 18.0 Å². The van der Waals surface area contributed by atoms with Crippen molar-refractivity contribution in [3.63, 3.8) is 0 Å². The summed E-state index contributed by atoms with van der Waals surface area (Å²) < 4.78 is 0. The lowest BCUT2D eigenvalue weighted by atomic mass is 9.95. The summed E-state index contributed by atoms with van der Waals surface area (Å²) in [4.78, 5) is 12.3. The Bertz CT molecular complexity index is 485. The summed E-state index contributed by atoms with van der Waals surface area (Å²) in [5, 5.41) is 3.91. The smallest absolute Gasteiger partial charge is 0.238 e. The zero-order valence-electron chi connectivity index (χ0n) is 12.1. The van der Waals surface area contributed by atoms with Crippen LogP contribution in [0.25, 0.3) is 0 Å². The molecule has 1 saturated carbocycles. The highest BCUT2D eigenvalue weighted by atomic mass is 35.5. The second-order valence-corrected chi connectivity index (χ2v) is 6.46. The van der Waals surface area contributed by atoms with Crippen LogP contribution in [0.4, 0.5) is 0 Å². The molecule has 1 aromatic rings. The predicted octanol–water partition coefficient (Wildman–Crippen LogP) is 2.70. The Morgan fingerprint density at radius 1 is 1.10 bits per heavy atom. The van der Waals surface area contributed by atoms with Crippen molar-refractivity contribution in [2.24, 2.45) is 0 Å². The fourth-order valence-electron chi connectivity index (χ4n) is 3.19. The molecule has 2 aliphatic rings. The number of rotatable bonds is 3. The van der Waals surface area contributed by atoms with E-state index in [1.54, 1.807) is 0 Å². The van der Waals surface area contributed by atoms with Gasteiger partial charge < -0.3 is 5.32 Å².